The minimum absolute atomic E-state index is 0.172. The quantitative estimate of drug-likeness (QED) is 0.670. The van der Waals surface area contributed by atoms with Crippen molar-refractivity contribution in [1.29, 1.82) is 0 Å². The molecule has 16 heavy (non-hydrogen) atoms. The van der Waals surface area contributed by atoms with E-state index in [4.69, 9.17) is 14.4 Å². The third-order valence-electron chi connectivity index (χ3n) is 2.15. The molecule has 0 aliphatic carbocycles. The summed E-state index contributed by atoms with van der Waals surface area (Å²) < 4.78 is 10.2. The molecule has 1 aliphatic heterocycles. The van der Waals surface area contributed by atoms with Crippen LogP contribution in [0.25, 0.3) is 0 Å². The summed E-state index contributed by atoms with van der Waals surface area (Å²) in [6.45, 7) is 0. The van der Waals surface area contributed by atoms with Gasteiger partial charge in [0.25, 0.3) is 0 Å². The molecule has 82 valence electrons. The molecule has 1 aliphatic rings. The number of hydrogen-bond acceptors (Lipinski definition) is 3. The third kappa shape index (κ3) is 2.22. The molecule has 1 heterocycles. The molecule has 0 atom stereocenters. The fraction of sp³-hybridized carbons (Fsp3) is 0.100. The lowest BCUT2D eigenvalue weighted by atomic mass is 9.79. The maximum atomic E-state index is 10.6. The fourth-order valence-corrected chi connectivity index (χ4v) is 1.68. The fourth-order valence-electron chi connectivity index (χ4n) is 1.31. The van der Waals surface area contributed by atoms with Gasteiger partial charge in [0.2, 0.25) is 5.76 Å². The second kappa shape index (κ2) is 4.61. The van der Waals surface area contributed by atoms with Crippen molar-refractivity contribution in [1.82, 2.24) is 0 Å². The summed E-state index contributed by atoms with van der Waals surface area (Å²) in [5.74, 6) is -1.30. The van der Waals surface area contributed by atoms with Gasteiger partial charge in [-0.3, -0.25) is 0 Å². The summed E-state index contributed by atoms with van der Waals surface area (Å²) in [6, 6.07) is 7.55. The third-order valence-corrected chi connectivity index (χ3v) is 2.80. The molecule has 0 fully saturated rings. The molecule has 2 rings (SSSR count). The van der Waals surface area contributed by atoms with E-state index in [1.165, 1.54) is 0 Å². The highest BCUT2D eigenvalue weighted by Crippen LogP contribution is 2.12. The predicted octanol–water partition coefficient (Wildman–Crippen LogP) is 1.25. The van der Waals surface area contributed by atoms with Gasteiger partial charge in [0, 0.05) is 10.8 Å². The summed E-state index contributed by atoms with van der Waals surface area (Å²) in [4.78, 5) is 10.6. The Morgan fingerprint density at radius 2 is 2.06 bits per heavy atom. The van der Waals surface area contributed by atoms with Crippen LogP contribution < -0.4 is 5.46 Å². The lowest BCUT2D eigenvalue weighted by Gasteiger charge is -2.06. The Kier molecular flexibility index (Phi) is 3.19. The first kappa shape index (κ1) is 11.1. The first-order chi connectivity index (χ1) is 7.70. The van der Waals surface area contributed by atoms with E-state index >= 15 is 0 Å². The largest absolute Gasteiger partial charge is 0.632 e. The van der Waals surface area contributed by atoms with Crippen molar-refractivity contribution in [3.05, 3.63) is 41.9 Å². The van der Waals surface area contributed by atoms with Gasteiger partial charge in [-0.2, -0.15) is 0 Å². The zero-order valence-electron chi connectivity index (χ0n) is 8.22. The van der Waals surface area contributed by atoms with Crippen molar-refractivity contribution in [3.63, 3.8) is 0 Å². The predicted molar refractivity (Wildman–Crippen MR) is 62.3 cm³/mol. The number of aliphatic carboxylic acids is 1. The zero-order chi connectivity index (χ0) is 11.5. The van der Waals surface area contributed by atoms with Crippen molar-refractivity contribution < 1.29 is 19.2 Å². The Labute approximate surface area is 101 Å². The molecular weight excluding hydrogens is 275 g/mol. The average Bonchev–Trinajstić information content (AvgIpc) is 2.78. The van der Waals surface area contributed by atoms with Gasteiger partial charge in [-0.1, -0.05) is 40.2 Å². The Balaban J connectivity index is 2.07. The molecule has 1 N–H and O–H groups in total. The normalized spacial score (nSPS) is 14.1. The van der Waals surface area contributed by atoms with Gasteiger partial charge in [0.05, 0.1) is 0 Å². The summed E-state index contributed by atoms with van der Waals surface area (Å²) in [6.07, 6.45) is 1.12. The number of carboxylic acids is 1. The minimum atomic E-state index is -1.13. The topological polar surface area (TPSA) is 55.8 Å². The van der Waals surface area contributed by atoms with Gasteiger partial charge in [-0.15, -0.1) is 0 Å². The number of carboxylic acid groups (broad SMARTS) is 1. The van der Waals surface area contributed by atoms with Crippen LogP contribution >= 0.6 is 15.9 Å². The summed E-state index contributed by atoms with van der Waals surface area (Å²) >= 11 is 3.34. The van der Waals surface area contributed by atoms with E-state index < -0.39 is 13.1 Å². The van der Waals surface area contributed by atoms with E-state index in [1.807, 2.05) is 24.3 Å². The molecule has 0 amide bonds. The van der Waals surface area contributed by atoms with Crippen molar-refractivity contribution in [3.8, 4) is 0 Å². The van der Waals surface area contributed by atoms with Crippen molar-refractivity contribution >= 4 is 34.5 Å². The van der Waals surface area contributed by atoms with Crippen LogP contribution in [0.4, 0.5) is 0 Å². The molecule has 0 unspecified atom stereocenters. The number of carbonyl (C=O) groups is 1. The molecule has 1 aromatic carbocycles. The van der Waals surface area contributed by atoms with Gasteiger partial charge >= 0.3 is 13.1 Å². The Morgan fingerprint density at radius 3 is 2.56 bits per heavy atom. The summed E-state index contributed by atoms with van der Waals surface area (Å²) in [7, 11) is -0.657. The van der Waals surface area contributed by atoms with E-state index in [9.17, 15) is 4.79 Å². The van der Waals surface area contributed by atoms with Gasteiger partial charge in [-0.05, 0) is 5.56 Å². The van der Waals surface area contributed by atoms with Crippen LogP contribution in [0.3, 0.4) is 0 Å². The summed E-state index contributed by atoms with van der Waals surface area (Å²) in [5, 5.41) is 9.46. The number of alkyl halides is 1. The standard InChI is InChI=1S/C10H8BBrO4/c12-5-7-1-3-8(4-2-7)11-15-6-9(16-11)10(13)14/h1-4,6H,5H2,(H,13,14). The highest BCUT2D eigenvalue weighted by Gasteiger charge is 2.33. The lowest BCUT2D eigenvalue weighted by molar-refractivity contribution is -0.134. The first-order valence-electron chi connectivity index (χ1n) is 4.61. The molecular formula is C10H8BBrO4. The second-order valence-electron chi connectivity index (χ2n) is 3.25. The Hall–Kier alpha value is -1.43. The van der Waals surface area contributed by atoms with Crippen LogP contribution in [0.1, 0.15) is 5.56 Å². The molecule has 6 heteroatoms. The van der Waals surface area contributed by atoms with E-state index in [-0.39, 0.29) is 5.76 Å². The average molecular weight is 283 g/mol. The number of benzene rings is 1. The number of hydrogen-bond donors (Lipinski definition) is 1. The first-order valence-corrected chi connectivity index (χ1v) is 5.73. The van der Waals surface area contributed by atoms with Gasteiger partial charge in [0.15, 0.2) is 0 Å². The van der Waals surface area contributed by atoms with Crippen LogP contribution in [-0.4, -0.2) is 18.2 Å². The van der Waals surface area contributed by atoms with E-state index in [1.54, 1.807) is 0 Å². The van der Waals surface area contributed by atoms with Crippen molar-refractivity contribution in [2.75, 3.05) is 0 Å². The van der Waals surface area contributed by atoms with Gasteiger partial charge in [0.1, 0.15) is 6.26 Å². The highest BCUT2D eigenvalue weighted by atomic mass is 79.9. The van der Waals surface area contributed by atoms with E-state index in [2.05, 4.69) is 15.9 Å². The van der Waals surface area contributed by atoms with Crippen molar-refractivity contribution in [2.45, 2.75) is 5.33 Å². The van der Waals surface area contributed by atoms with Gasteiger partial charge in [-0.25, -0.2) is 4.79 Å². The van der Waals surface area contributed by atoms with E-state index in [0.29, 0.717) is 0 Å². The second-order valence-corrected chi connectivity index (χ2v) is 3.81. The number of rotatable bonds is 3. The molecule has 4 nitrogen and oxygen atoms in total. The van der Waals surface area contributed by atoms with Gasteiger partial charge < -0.3 is 14.4 Å². The summed E-state index contributed by atoms with van der Waals surface area (Å²) in [5.41, 5.74) is 1.92. The molecule has 1 aromatic rings. The maximum absolute atomic E-state index is 10.6. The molecule has 0 bridgehead atoms. The smallest absolute Gasteiger partial charge is 0.525 e. The van der Waals surface area contributed by atoms with Crippen LogP contribution in [0.5, 0.6) is 0 Å². The molecule has 0 saturated carbocycles. The van der Waals surface area contributed by atoms with Crippen LogP contribution in [0, 0.1) is 0 Å². The monoisotopic (exact) mass is 282 g/mol. The SMILES string of the molecule is O=C(O)C1=COB(c2ccc(CBr)cc2)O1. The molecule has 0 aromatic heterocycles. The minimum Gasteiger partial charge on any atom is -0.525 e. The highest BCUT2D eigenvalue weighted by molar-refractivity contribution is 9.08. The molecule has 0 spiro atoms. The van der Waals surface area contributed by atoms with E-state index in [0.717, 1.165) is 22.6 Å². The Morgan fingerprint density at radius 1 is 1.38 bits per heavy atom. The zero-order valence-corrected chi connectivity index (χ0v) is 9.81. The lowest BCUT2D eigenvalue weighted by Crippen LogP contribution is -2.32. The van der Waals surface area contributed by atoms with Crippen LogP contribution in [0.2, 0.25) is 0 Å². The molecule has 0 radical (unpaired) electrons. The maximum Gasteiger partial charge on any atom is 0.632 e. The Bertz CT molecular complexity index is 429. The van der Waals surface area contributed by atoms with Crippen molar-refractivity contribution in [2.24, 2.45) is 0 Å². The van der Waals surface area contributed by atoms with Crippen LogP contribution in [0.15, 0.2) is 36.3 Å². The number of halogens is 1. The van der Waals surface area contributed by atoms with Crippen LogP contribution in [-0.2, 0) is 19.4 Å². The molecule has 0 saturated heterocycles.